The molecule has 0 fully saturated rings. The van der Waals surface area contributed by atoms with E-state index in [4.69, 9.17) is 23.7 Å². The van der Waals surface area contributed by atoms with E-state index in [0.29, 0.717) is 56.8 Å². The third kappa shape index (κ3) is 6.26. The van der Waals surface area contributed by atoms with Crippen molar-refractivity contribution in [3.8, 4) is 23.0 Å². The largest absolute Gasteiger partial charge is 0.493 e. The Balaban J connectivity index is 1.59. The molecule has 0 aliphatic carbocycles. The third-order valence-electron chi connectivity index (χ3n) is 7.04. The van der Waals surface area contributed by atoms with Crippen LogP contribution in [0.1, 0.15) is 43.5 Å². The van der Waals surface area contributed by atoms with Gasteiger partial charge in [-0.15, -0.1) is 0 Å². The summed E-state index contributed by atoms with van der Waals surface area (Å²) in [5.74, 6) is 1.66. The van der Waals surface area contributed by atoms with E-state index in [1.165, 1.54) is 23.0 Å². The summed E-state index contributed by atoms with van der Waals surface area (Å²) < 4.78 is 30.3. The standard InChI is InChI=1S/C34H34N2O7S/c1-6-41-28-17-23(13-15-26(28)43-20-22-11-9-8-10-12-22)18-29-32(37)36-31(24-14-16-25(39-4)27(19-24)40-5)30(33(38)42-7-2)21(3)35-34(36)44-29/h8-19,31H,6-7,20H2,1-5H3/b29-18-/t31-/m0/s1. The van der Waals surface area contributed by atoms with Gasteiger partial charge in [0.1, 0.15) is 6.61 Å². The normalized spacial score (nSPS) is 14.5. The van der Waals surface area contributed by atoms with Crippen LogP contribution >= 0.6 is 11.3 Å². The summed E-state index contributed by atoms with van der Waals surface area (Å²) in [6.07, 6.45) is 1.79. The van der Waals surface area contributed by atoms with E-state index in [1.807, 2.05) is 61.5 Å². The minimum Gasteiger partial charge on any atom is -0.493 e. The number of rotatable bonds is 11. The van der Waals surface area contributed by atoms with Crippen molar-refractivity contribution in [1.29, 1.82) is 0 Å². The Bertz CT molecular complexity index is 1880. The summed E-state index contributed by atoms with van der Waals surface area (Å²) in [7, 11) is 3.09. The maximum atomic E-state index is 14.0. The molecule has 0 amide bonds. The van der Waals surface area contributed by atoms with Crippen molar-refractivity contribution >= 4 is 23.4 Å². The zero-order chi connectivity index (χ0) is 31.2. The first-order valence-corrected chi connectivity index (χ1v) is 15.0. The molecule has 44 heavy (non-hydrogen) atoms. The summed E-state index contributed by atoms with van der Waals surface area (Å²) >= 11 is 1.25. The predicted octanol–water partition coefficient (Wildman–Crippen LogP) is 4.79. The highest BCUT2D eigenvalue weighted by molar-refractivity contribution is 7.07. The first-order chi connectivity index (χ1) is 21.4. The summed E-state index contributed by atoms with van der Waals surface area (Å²) in [6.45, 7) is 6.43. The molecule has 1 aliphatic heterocycles. The van der Waals surface area contributed by atoms with Crippen molar-refractivity contribution in [2.45, 2.75) is 33.4 Å². The van der Waals surface area contributed by atoms with Crippen molar-refractivity contribution in [3.05, 3.63) is 114 Å². The predicted molar refractivity (Wildman–Crippen MR) is 168 cm³/mol. The van der Waals surface area contributed by atoms with Crippen LogP contribution in [0.3, 0.4) is 0 Å². The minimum atomic E-state index is -0.778. The SMILES string of the molecule is CCOC(=O)C1=C(C)N=c2s/c(=C\c3ccc(OCc4ccccc4)c(OCC)c3)c(=O)n2[C@H]1c1ccc(OC)c(OC)c1. The van der Waals surface area contributed by atoms with E-state index in [9.17, 15) is 9.59 Å². The number of thiazole rings is 1. The number of nitrogens with zero attached hydrogens (tertiary/aromatic N) is 2. The maximum absolute atomic E-state index is 14.0. The lowest BCUT2D eigenvalue weighted by Gasteiger charge is -2.25. The number of allylic oxidation sites excluding steroid dienone is 1. The highest BCUT2D eigenvalue weighted by atomic mass is 32.1. The van der Waals surface area contributed by atoms with Crippen LogP contribution in [-0.2, 0) is 16.1 Å². The van der Waals surface area contributed by atoms with E-state index in [0.717, 1.165) is 11.1 Å². The topological polar surface area (TPSA) is 97.6 Å². The first-order valence-electron chi connectivity index (χ1n) is 14.2. The lowest BCUT2D eigenvalue weighted by molar-refractivity contribution is -0.139. The van der Waals surface area contributed by atoms with Gasteiger partial charge in [0.15, 0.2) is 27.8 Å². The molecule has 1 atom stereocenters. The molecule has 3 aromatic carbocycles. The molecule has 1 aliphatic rings. The highest BCUT2D eigenvalue weighted by Crippen LogP contribution is 2.36. The van der Waals surface area contributed by atoms with Gasteiger partial charge in [-0.05, 0) is 67.8 Å². The molecule has 0 saturated heterocycles. The van der Waals surface area contributed by atoms with Gasteiger partial charge in [-0.25, -0.2) is 9.79 Å². The molecule has 2 heterocycles. The van der Waals surface area contributed by atoms with Gasteiger partial charge < -0.3 is 23.7 Å². The Morgan fingerprint density at radius 1 is 0.909 bits per heavy atom. The van der Waals surface area contributed by atoms with Gasteiger partial charge in [0.25, 0.3) is 5.56 Å². The monoisotopic (exact) mass is 614 g/mol. The molecular weight excluding hydrogens is 580 g/mol. The molecule has 9 nitrogen and oxygen atoms in total. The average Bonchev–Trinajstić information content (AvgIpc) is 3.33. The smallest absolute Gasteiger partial charge is 0.338 e. The van der Waals surface area contributed by atoms with Crippen LogP contribution in [0.4, 0.5) is 0 Å². The van der Waals surface area contributed by atoms with Gasteiger partial charge >= 0.3 is 5.97 Å². The van der Waals surface area contributed by atoms with Gasteiger partial charge in [0.05, 0.1) is 49.3 Å². The van der Waals surface area contributed by atoms with Crippen LogP contribution < -0.4 is 33.8 Å². The van der Waals surface area contributed by atoms with Crippen LogP contribution in [0.5, 0.6) is 23.0 Å². The number of ether oxygens (including phenoxy) is 5. The summed E-state index contributed by atoms with van der Waals surface area (Å²) in [5.41, 5.74) is 2.94. The number of carbonyl (C=O) groups is 1. The van der Waals surface area contributed by atoms with Gasteiger partial charge in [-0.2, -0.15) is 0 Å². The second-order valence-corrected chi connectivity index (χ2v) is 10.8. The number of aromatic nitrogens is 1. The van der Waals surface area contributed by atoms with Gasteiger partial charge in [-0.1, -0.05) is 53.8 Å². The Morgan fingerprint density at radius 3 is 2.36 bits per heavy atom. The molecule has 0 unspecified atom stereocenters. The summed E-state index contributed by atoms with van der Waals surface area (Å²) in [5, 5.41) is 0. The fraction of sp³-hybridized carbons (Fsp3) is 0.265. The molecule has 4 aromatic rings. The molecule has 0 spiro atoms. The second kappa shape index (κ2) is 13.6. The fourth-order valence-electron chi connectivity index (χ4n) is 5.02. The quantitative estimate of drug-likeness (QED) is 0.224. The van der Waals surface area contributed by atoms with E-state index >= 15 is 0 Å². The van der Waals surface area contributed by atoms with E-state index < -0.39 is 12.0 Å². The molecule has 1 aromatic heterocycles. The van der Waals surface area contributed by atoms with E-state index in [1.54, 1.807) is 39.2 Å². The van der Waals surface area contributed by atoms with Gasteiger partial charge in [0.2, 0.25) is 0 Å². The van der Waals surface area contributed by atoms with Crippen molar-refractivity contribution in [2.75, 3.05) is 27.4 Å². The Hall–Kier alpha value is -4.83. The second-order valence-electron chi connectivity index (χ2n) is 9.83. The molecular formula is C34H34N2O7S. The number of benzene rings is 3. The van der Waals surface area contributed by atoms with Crippen molar-refractivity contribution in [3.63, 3.8) is 0 Å². The van der Waals surface area contributed by atoms with E-state index in [-0.39, 0.29) is 17.7 Å². The molecule has 5 rings (SSSR count). The molecule has 10 heteroatoms. The number of esters is 1. The number of methoxy groups -OCH3 is 2. The molecule has 0 saturated carbocycles. The summed E-state index contributed by atoms with van der Waals surface area (Å²) in [6, 6.07) is 20.0. The first kappa shape index (κ1) is 30.6. The van der Waals surface area contributed by atoms with Crippen LogP contribution in [-0.4, -0.2) is 38.0 Å². The number of hydrogen-bond acceptors (Lipinski definition) is 9. The van der Waals surface area contributed by atoms with Crippen LogP contribution in [0.2, 0.25) is 0 Å². The van der Waals surface area contributed by atoms with Gasteiger partial charge in [0, 0.05) is 0 Å². The zero-order valence-electron chi connectivity index (χ0n) is 25.3. The minimum absolute atomic E-state index is 0.186. The van der Waals surface area contributed by atoms with Crippen molar-refractivity contribution < 1.29 is 28.5 Å². The van der Waals surface area contributed by atoms with Crippen LogP contribution in [0.25, 0.3) is 6.08 Å². The number of hydrogen-bond donors (Lipinski definition) is 0. The van der Waals surface area contributed by atoms with Crippen LogP contribution in [0, 0.1) is 0 Å². The average molecular weight is 615 g/mol. The molecule has 0 radical (unpaired) electrons. The Kier molecular flexibility index (Phi) is 9.50. The lowest BCUT2D eigenvalue weighted by Crippen LogP contribution is -2.39. The van der Waals surface area contributed by atoms with Gasteiger partial charge in [-0.3, -0.25) is 9.36 Å². The Labute approximate surface area is 259 Å². The molecule has 228 valence electrons. The third-order valence-corrected chi connectivity index (χ3v) is 8.03. The molecule has 0 N–H and O–H groups in total. The van der Waals surface area contributed by atoms with Crippen molar-refractivity contribution in [1.82, 2.24) is 4.57 Å². The zero-order valence-corrected chi connectivity index (χ0v) is 26.1. The fourth-order valence-corrected chi connectivity index (χ4v) is 6.07. The number of carbonyl (C=O) groups excluding carboxylic acids is 1. The lowest BCUT2D eigenvalue weighted by atomic mass is 9.95. The van der Waals surface area contributed by atoms with Crippen molar-refractivity contribution in [2.24, 2.45) is 4.99 Å². The summed E-state index contributed by atoms with van der Waals surface area (Å²) in [4.78, 5) is 32.4. The van der Waals surface area contributed by atoms with E-state index in [2.05, 4.69) is 4.99 Å². The molecule has 0 bridgehead atoms. The maximum Gasteiger partial charge on any atom is 0.338 e. The number of fused-ring (bicyclic) bond motifs is 1. The Morgan fingerprint density at radius 2 is 1.66 bits per heavy atom. The highest BCUT2D eigenvalue weighted by Gasteiger charge is 2.34. The van der Waals surface area contributed by atoms with Crippen LogP contribution in [0.15, 0.2) is 87.8 Å².